The lowest BCUT2D eigenvalue weighted by atomic mass is 10.2. The summed E-state index contributed by atoms with van der Waals surface area (Å²) >= 11 is 1.43. The van der Waals surface area contributed by atoms with Gasteiger partial charge in [-0.25, -0.2) is 4.98 Å². The molecule has 0 radical (unpaired) electrons. The third kappa shape index (κ3) is 5.53. The van der Waals surface area contributed by atoms with Gasteiger partial charge in [0.1, 0.15) is 18.1 Å². The minimum atomic E-state index is -0.197. The van der Waals surface area contributed by atoms with Crippen LogP contribution in [0.1, 0.15) is 46.9 Å². The molecule has 1 N–H and O–H groups in total. The zero-order valence-electron chi connectivity index (χ0n) is 18.8. The molecule has 2 aromatic heterocycles. The quantitative estimate of drug-likeness (QED) is 0.570. The second-order valence-electron chi connectivity index (χ2n) is 8.17. The standard InChI is InChI=1S/C23H28N4O4S/c1-14-9-27(10-15(2)30-14)11-19-13-32-23(24-19)25-22(28)18-5-7-20(8-6-18)29-12-21-16(3)26-31-17(21)4/h5-8,13-15H,9-12H2,1-4H3,(H,24,25,28). The number of ether oxygens (including phenoxy) is 2. The van der Waals surface area contributed by atoms with Gasteiger partial charge in [0, 0.05) is 30.6 Å². The van der Waals surface area contributed by atoms with Crippen molar-refractivity contribution in [3.63, 3.8) is 0 Å². The van der Waals surface area contributed by atoms with Gasteiger partial charge in [-0.1, -0.05) is 5.16 Å². The number of thiazole rings is 1. The topological polar surface area (TPSA) is 89.7 Å². The number of rotatable bonds is 7. The second-order valence-corrected chi connectivity index (χ2v) is 9.02. The van der Waals surface area contributed by atoms with E-state index in [2.05, 4.69) is 34.2 Å². The Morgan fingerprint density at radius 2 is 1.94 bits per heavy atom. The molecular formula is C23H28N4O4S. The van der Waals surface area contributed by atoms with Gasteiger partial charge in [0.15, 0.2) is 5.13 Å². The molecule has 1 aliphatic rings. The lowest BCUT2D eigenvalue weighted by Gasteiger charge is -2.34. The molecule has 1 saturated heterocycles. The molecule has 9 heteroatoms. The molecule has 1 amide bonds. The maximum absolute atomic E-state index is 12.6. The largest absolute Gasteiger partial charge is 0.489 e. The summed E-state index contributed by atoms with van der Waals surface area (Å²) in [4.78, 5) is 19.5. The van der Waals surface area contributed by atoms with E-state index in [4.69, 9.17) is 14.0 Å². The normalized spacial score (nSPS) is 19.1. The van der Waals surface area contributed by atoms with Gasteiger partial charge in [-0.15, -0.1) is 11.3 Å². The summed E-state index contributed by atoms with van der Waals surface area (Å²) in [6.07, 6.45) is 0.431. The van der Waals surface area contributed by atoms with Gasteiger partial charge in [0.05, 0.1) is 29.2 Å². The number of hydrogen-bond acceptors (Lipinski definition) is 8. The van der Waals surface area contributed by atoms with Gasteiger partial charge in [-0.05, 0) is 52.0 Å². The van der Waals surface area contributed by atoms with E-state index >= 15 is 0 Å². The third-order valence-electron chi connectivity index (χ3n) is 5.33. The first-order valence-corrected chi connectivity index (χ1v) is 11.5. The molecule has 2 atom stereocenters. The van der Waals surface area contributed by atoms with Gasteiger partial charge < -0.3 is 14.0 Å². The predicted molar refractivity (Wildman–Crippen MR) is 122 cm³/mol. The molecule has 8 nitrogen and oxygen atoms in total. The van der Waals surface area contributed by atoms with Crippen molar-refractivity contribution in [3.05, 3.63) is 57.9 Å². The van der Waals surface area contributed by atoms with Crippen molar-refractivity contribution >= 4 is 22.4 Å². The van der Waals surface area contributed by atoms with Crippen LogP contribution < -0.4 is 10.1 Å². The Labute approximate surface area is 191 Å². The van der Waals surface area contributed by atoms with Crippen LogP contribution in [0.15, 0.2) is 34.2 Å². The zero-order valence-corrected chi connectivity index (χ0v) is 19.6. The highest BCUT2D eigenvalue weighted by molar-refractivity contribution is 7.13. The Morgan fingerprint density at radius 1 is 1.22 bits per heavy atom. The molecule has 170 valence electrons. The molecule has 3 aromatic rings. The summed E-state index contributed by atoms with van der Waals surface area (Å²) in [6.45, 7) is 10.8. The maximum Gasteiger partial charge on any atom is 0.257 e. The summed E-state index contributed by atoms with van der Waals surface area (Å²) in [5.41, 5.74) is 3.25. The van der Waals surface area contributed by atoms with Crippen molar-refractivity contribution < 1.29 is 18.8 Å². The Hall–Kier alpha value is -2.75. The molecular weight excluding hydrogens is 428 g/mol. The minimum absolute atomic E-state index is 0.197. The van der Waals surface area contributed by atoms with Crippen LogP contribution >= 0.6 is 11.3 Å². The Bertz CT molecular complexity index is 1030. The maximum atomic E-state index is 12.6. The van der Waals surface area contributed by atoms with E-state index in [1.807, 2.05) is 19.2 Å². The van der Waals surface area contributed by atoms with Crippen LogP contribution in [0, 0.1) is 13.8 Å². The average Bonchev–Trinajstić information content (AvgIpc) is 3.31. The smallest absolute Gasteiger partial charge is 0.257 e. The molecule has 3 heterocycles. The van der Waals surface area contributed by atoms with Gasteiger partial charge in [-0.2, -0.15) is 0 Å². The predicted octanol–water partition coefficient (Wildman–Crippen LogP) is 4.19. The lowest BCUT2D eigenvalue weighted by molar-refractivity contribution is -0.0707. The van der Waals surface area contributed by atoms with Crippen molar-refractivity contribution in [2.45, 2.75) is 53.1 Å². The number of benzene rings is 1. The number of aromatic nitrogens is 2. The van der Waals surface area contributed by atoms with Gasteiger partial charge in [0.25, 0.3) is 5.91 Å². The van der Waals surface area contributed by atoms with Crippen molar-refractivity contribution in [2.24, 2.45) is 0 Å². The fraction of sp³-hybridized carbons (Fsp3) is 0.435. The van der Waals surface area contributed by atoms with Gasteiger partial charge >= 0.3 is 0 Å². The lowest BCUT2D eigenvalue weighted by Crippen LogP contribution is -2.44. The summed E-state index contributed by atoms with van der Waals surface area (Å²) in [6, 6.07) is 7.04. The SMILES string of the molecule is Cc1noc(C)c1COc1ccc(C(=O)Nc2nc(CN3CC(C)OC(C)C3)cs2)cc1. The fourth-order valence-corrected chi connectivity index (χ4v) is 4.51. The van der Waals surface area contributed by atoms with Crippen LogP contribution in [0.3, 0.4) is 0 Å². The number of anilines is 1. The van der Waals surface area contributed by atoms with E-state index < -0.39 is 0 Å². The second kappa shape index (κ2) is 9.81. The van der Waals surface area contributed by atoms with E-state index in [-0.39, 0.29) is 18.1 Å². The molecule has 1 aromatic carbocycles. The summed E-state index contributed by atoms with van der Waals surface area (Å²) in [7, 11) is 0. The van der Waals surface area contributed by atoms with Crippen molar-refractivity contribution in [1.29, 1.82) is 0 Å². The average molecular weight is 457 g/mol. The van der Waals surface area contributed by atoms with Crippen LogP contribution in [0.25, 0.3) is 0 Å². The number of aryl methyl sites for hydroxylation is 2. The Kier molecular flexibility index (Phi) is 6.88. The van der Waals surface area contributed by atoms with E-state index in [0.717, 1.165) is 42.3 Å². The summed E-state index contributed by atoms with van der Waals surface area (Å²) in [5.74, 6) is 1.22. The monoisotopic (exact) mass is 456 g/mol. The zero-order chi connectivity index (χ0) is 22.7. The minimum Gasteiger partial charge on any atom is -0.489 e. The first-order chi connectivity index (χ1) is 15.4. The molecule has 0 aliphatic carbocycles. The van der Waals surface area contributed by atoms with Crippen molar-refractivity contribution in [2.75, 3.05) is 18.4 Å². The van der Waals surface area contributed by atoms with E-state index in [1.165, 1.54) is 11.3 Å². The summed E-state index contributed by atoms with van der Waals surface area (Å²) < 4.78 is 16.7. The number of hydrogen-bond donors (Lipinski definition) is 1. The van der Waals surface area contributed by atoms with E-state index in [1.54, 1.807) is 24.3 Å². The summed E-state index contributed by atoms with van der Waals surface area (Å²) in [5, 5.41) is 9.40. The number of carbonyl (C=O) groups is 1. The molecule has 4 rings (SSSR count). The third-order valence-corrected chi connectivity index (χ3v) is 6.14. The molecule has 0 saturated carbocycles. The Balaban J connectivity index is 1.30. The number of carbonyl (C=O) groups excluding carboxylic acids is 1. The highest BCUT2D eigenvalue weighted by Crippen LogP contribution is 2.21. The van der Waals surface area contributed by atoms with Crippen molar-refractivity contribution in [3.8, 4) is 5.75 Å². The number of nitrogens with one attached hydrogen (secondary N) is 1. The van der Waals surface area contributed by atoms with Crippen LogP contribution in [0.4, 0.5) is 5.13 Å². The van der Waals surface area contributed by atoms with Crippen molar-refractivity contribution in [1.82, 2.24) is 15.0 Å². The van der Waals surface area contributed by atoms with E-state index in [9.17, 15) is 4.79 Å². The highest BCUT2D eigenvalue weighted by atomic mass is 32.1. The van der Waals surface area contributed by atoms with Gasteiger partial charge in [0.2, 0.25) is 0 Å². The van der Waals surface area contributed by atoms with Crippen LogP contribution in [-0.2, 0) is 17.9 Å². The first kappa shape index (κ1) is 22.4. The molecule has 32 heavy (non-hydrogen) atoms. The number of amides is 1. The fourth-order valence-electron chi connectivity index (χ4n) is 3.81. The molecule has 0 bridgehead atoms. The van der Waals surface area contributed by atoms with Crippen LogP contribution in [0.5, 0.6) is 5.75 Å². The van der Waals surface area contributed by atoms with Crippen LogP contribution in [-0.4, -0.2) is 46.2 Å². The first-order valence-electron chi connectivity index (χ1n) is 10.7. The van der Waals surface area contributed by atoms with Crippen LogP contribution in [0.2, 0.25) is 0 Å². The van der Waals surface area contributed by atoms with Gasteiger partial charge in [-0.3, -0.25) is 15.0 Å². The number of morpholine rings is 1. The number of nitrogens with zero attached hydrogens (tertiary/aromatic N) is 3. The molecule has 1 aliphatic heterocycles. The molecule has 1 fully saturated rings. The van der Waals surface area contributed by atoms with E-state index in [0.29, 0.717) is 23.1 Å². The highest BCUT2D eigenvalue weighted by Gasteiger charge is 2.23. The molecule has 0 spiro atoms. The molecule has 2 unspecified atom stereocenters. The Morgan fingerprint density at radius 3 is 2.59 bits per heavy atom.